The molecule has 0 atom stereocenters. The van der Waals surface area contributed by atoms with Gasteiger partial charge in [0.2, 0.25) is 0 Å². The summed E-state index contributed by atoms with van der Waals surface area (Å²) >= 11 is 0. The number of hydrogen-bond donors (Lipinski definition) is 0. The maximum Gasteiger partial charge on any atom is 0.302 e. The molecule has 0 aromatic heterocycles. The lowest BCUT2D eigenvalue weighted by Gasteiger charge is -2.05. The molecule has 0 aromatic carbocycles. The number of ether oxygens (including phenoxy) is 3. The predicted octanol–water partition coefficient (Wildman–Crippen LogP) is 7.46. The predicted molar refractivity (Wildman–Crippen MR) is 131 cm³/mol. The largest absolute Gasteiger partial charge is 0.466 e. The Balaban J connectivity index is -0.000000117. The summed E-state index contributed by atoms with van der Waals surface area (Å²) in [6.45, 7) is 18.1. The third-order valence-corrected chi connectivity index (χ3v) is 3.38. The Kier molecular flexibility index (Phi) is 42.7. The van der Waals surface area contributed by atoms with Gasteiger partial charge in [0.25, 0.3) is 0 Å². The smallest absolute Gasteiger partial charge is 0.302 e. The summed E-state index contributed by atoms with van der Waals surface area (Å²) in [4.78, 5) is 20.7. The summed E-state index contributed by atoms with van der Waals surface area (Å²) in [5.74, 6) is 1.20. The van der Waals surface area contributed by atoms with Gasteiger partial charge in [-0.1, -0.05) is 82.1 Å². The standard InChI is InChI=1S/C10H18O5.C7H16.C6H14.2CH4/c1-9(11)14-7-3-5-13-6-4-8-15-10(2)12;1-6(2)5-7(3)4;1-3-5-6-4-2;;/h3-8H2,1-2H3;6-7H,5H2,1-4H3;3-6H2,1-2H3;2*1H4. The van der Waals surface area contributed by atoms with Gasteiger partial charge in [-0.15, -0.1) is 0 Å². The molecule has 30 heavy (non-hydrogen) atoms. The minimum absolute atomic E-state index is 0. The zero-order chi connectivity index (χ0) is 22.2. The van der Waals surface area contributed by atoms with Gasteiger partial charge in [0.05, 0.1) is 13.2 Å². The summed E-state index contributed by atoms with van der Waals surface area (Å²) in [5.41, 5.74) is 0. The molecule has 0 saturated carbocycles. The summed E-state index contributed by atoms with van der Waals surface area (Å²) in [7, 11) is 0. The Morgan fingerprint density at radius 2 is 0.967 bits per heavy atom. The van der Waals surface area contributed by atoms with Crippen molar-refractivity contribution < 1.29 is 23.8 Å². The van der Waals surface area contributed by atoms with Gasteiger partial charge < -0.3 is 14.2 Å². The van der Waals surface area contributed by atoms with Crippen molar-refractivity contribution in [2.24, 2.45) is 11.8 Å². The first-order chi connectivity index (χ1) is 13.2. The monoisotopic (exact) mass is 436 g/mol. The highest BCUT2D eigenvalue weighted by atomic mass is 16.5. The summed E-state index contributed by atoms with van der Waals surface area (Å²) < 4.78 is 14.6. The first-order valence-electron chi connectivity index (χ1n) is 11.0. The van der Waals surface area contributed by atoms with E-state index in [1.807, 2.05) is 0 Å². The van der Waals surface area contributed by atoms with E-state index in [-0.39, 0.29) is 26.8 Å². The Labute approximate surface area is 189 Å². The van der Waals surface area contributed by atoms with Crippen LogP contribution in [0.3, 0.4) is 0 Å². The number of unbranched alkanes of at least 4 members (excludes halogenated alkanes) is 3. The third kappa shape index (κ3) is 56.3. The zero-order valence-corrected chi connectivity index (χ0v) is 20.0. The van der Waals surface area contributed by atoms with E-state index in [2.05, 4.69) is 41.5 Å². The van der Waals surface area contributed by atoms with Gasteiger partial charge in [-0.3, -0.25) is 9.59 Å². The van der Waals surface area contributed by atoms with Crippen molar-refractivity contribution in [3.63, 3.8) is 0 Å². The van der Waals surface area contributed by atoms with Crippen LogP contribution in [-0.2, 0) is 23.8 Å². The molecule has 0 N–H and O–H groups in total. The molecule has 0 radical (unpaired) electrons. The zero-order valence-electron chi connectivity index (χ0n) is 20.0. The maximum atomic E-state index is 10.4. The van der Waals surface area contributed by atoms with Crippen molar-refractivity contribution in [1.82, 2.24) is 0 Å². The average molecular weight is 437 g/mol. The Morgan fingerprint density at radius 1 is 0.633 bits per heavy atom. The lowest BCUT2D eigenvalue weighted by molar-refractivity contribution is -0.141. The number of esters is 2. The average Bonchev–Trinajstić information content (AvgIpc) is 2.58. The molecule has 0 fully saturated rings. The molecule has 0 heterocycles. The van der Waals surface area contributed by atoms with E-state index in [1.165, 1.54) is 46.0 Å². The molecule has 0 rings (SSSR count). The van der Waals surface area contributed by atoms with E-state index < -0.39 is 0 Å². The Bertz CT molecular complexity index is 298. The van der Waals surface area contributed by atoms with Crippen molar-refractivity contribution in [2.45, 2.75) is 115 Å². The Morgan fingerprint density at radius 3 is 1.17 bits per heavy atom. The van der Waals surface area contributed by atoms with Crippen molar-refractivity contribution in [1.29, 1.82) is 0 Å². The van der Waals surface area contributed by atoms with E-state index in [9.17, 15) is 9.59 Å². The molecule has 0 aromatic rings. The quantitative estimate of drug-likeness (QED) is 0.221. The minimum Gasteiger partial charge on any atom is -0.466 e. The van der Waals surface area contributed by atoms with Crippen molar-refractivity contribution in [3.05, 3.63) is 0 Å². The van der Waals surface area contributed by atoms with Gasteiger partial charge in [-0.2, -0.15) is 0 Å². The van der Waals surface area contributed by atoms with Crippen molar-refractivity contribution in [2.75, 3.05) is 26.4 Å². The molecule has 5 nitrogen and oxygen atoms in total. The number of rotatable bonds is 13. The fourth-order valence-electron chi connectivity index (χ4n) is 2.30. The second-order valence-corrected chi connectivity index (χ2v) is 7.73. The summed E-state index contributed by atoms with van der Waals surface area (Å²) in [6, 6.07) is 0. The van der Waals surface area contributed by atoms with Crippen LogP contribution in [0, 0.1) is 11.8 Å². The summed E-state index contributed by atoms with van der Waals surface area (Å²) in [5, 5.41) is 0. The maximum absolute atomic E-state index is 10.4. The van der Waals surface area contributed by atoms with E-state index in [4.69, 9.17) is 14.2 Å². The van der Waals surface area contributed by atoms with Gasteiger partial charge in [0, 0.05) is 39.9 Å². The second kappa shape index (κ2) is 32.6. The molecular weight excluding hydrogens is 380 g/mol. The highest BCUT2D eigenvalue weighted by Crippen LogP contribution is 2.08. The molecule has 0 saturated heterocycles. The lowest BCUT2D eigenvalue weighted by Crippen LogP contribution is -2.07. The molecule has 0 aliphatic heterocycles. The van der Waals surface area contributed by atoms with Crippen LogP contribution in [0.25, 0.3) is 0 Å². The van der Waals surface area contributed by atoms with Gasteiger partial charge in [0.1, 0.15) is 0 Å². The topological polar surface area (TPSA) is 61.8 Å². The lowest BCUT2D eigenvalue weighted by atomic mass is 10.0. The highest BCUT2D eigenvalue weighted by molar-refractivity contribution is 5.66. The first kappa shape index (κ1) is 39.4. The van der Waals surface area contributed by atoms with Crippen molar-refractivity contribution in [3.8, 4) is 0 Å². The van der Waals surface area contributed by atoms with Crippen LogP contribution in [0.1, 0.15) is 115 Å². The van der Waals surface area contributed by atoms with Crippen LogP contribution in [0.2, 0.25) is 0 Å². The van der Waals surface area contributed by atoms with Crippen LogP contribution in [0.5, 0.6) is 0 Å². The number of carbonyl (C=O) groups is 2. The molecular formula is C25H56O5. The molecule has 0 spiro atoms. The van der Waals surface area contributed by atoms with E-state index >= 15 is 0 Å². The van der Waals surface area contributed by atoms with Crippen LogP contribution >= 0.6 is 0 Å². The van der Waals surface area contributed by atoms with Gasteiger partial charge in [-0.05, 0) is 18.3 Å². The van der Waals surface area contributed by atoms with E-state index in [0.717, 1.165) is 11.8 Å². The molecule has 0 aliphatic carbocycles. The number of hydrogen-bond acceptors (Lipinski definition) is 5. The molecule has 5 heteroatoms. The van der Waals surface area contributed by atoms with Gasteiger partial charge in [0.15, 0.2) is 0 Å². The minimum atomic E-state index is -0.273. The molecule has 0 aliphatic rings. The normalized spacial score (nSPS) is 9.27. The fraction of sp³-hybridized carbons (Fsp3) is 0.920. The molecule has 186 valence electrons. The second-order valence-electron chi connectivity index (χ2n) is 7.73. The van der Waals surface area contributed by atoms with Crippen LogP contribution in [-0.4, -0.2) is 38.4 Å². The van der Waals surface area contributed by atoms with Crippen LogP contribution in [0.15, 0.2) is 0 Å². The summed E-state index contributed by atoms with van der Waals surface area (Å²) in [6.07, 6.45) is 8.27. The highest BCUT2D eigenvalue weighted by Gasteiger charge is 1.96. The van der Waals surface area contributed by atoms with E-state index in [0.29, 0.717) is 39.3 Å². The SMILES string of the molecule is C.C.CC(=O)OCCCOCCCOC(C)=O.CC(C)CC(C)C.CCCCCC. The molecule has 0 unspecified atom stereocenters. The third-order valence-electron chi connectivity index (χ3n) is 3.38. The van der Waals surface area contributed by atoms with Crippen molar-refractivity contribution >= 4 is 11.9 Å². The van der Waals surface area contributed by atoms with Gasteiger partial charge in [-0.25, -0.2) is 0 Å². The van der Waals surface area contributed by atoms with E-state index in [1.54, 1.807) is 0 Å². The number of carbonyl (C=O) groups excluding carboxylic acids is 2. The Hall–Kier alpha value is -1.10. The fourth-order valence-corrected chi connectivity index (χ4v) is 2.30. The molecule has 0 bridgehead atoms. The first-order valence-corrected chi connectivity index (χ1v) is 11.0. The molecule has 0 amide bonds. The van der Waals surface area contributed by atoms with Crippen LogP contribution < -0.4 is 0 Å². The van der Waals surface area contributed by atoms with Gasteiger partial charge >= 0.3 is 11.9 Å². The van der Waals surface area contributed by atoms with Crippen LogP contribution in [0.4, 0.5) is 0 Å².